The Morgan fingerprint density at radius 3 is 2.53 bits per heavy atom. The first kappa shape index (κ1) is 16.2. The molecule has 0 aliphatic rings. The molecule has 102 valence electrons. The molecule has 0 rings (SSSR count). The van der Waals surface area contributed by atoms with Gasteiger partial charge in [-0.15, -0.1) is 0 Å². The molecule has 3 N–H and O–H groups in total. The van der Waals surface area contributed by atoms with Crippen molar-refractivity contribution in [2.75, 3.05) is 20.3 Å². The molecular formula is C12H26N2O3. The summed E-state index contributed by atoms with van der Waals surface area (Å²) in [5.74, 6) is 0.564. The van der Waals surface area contributed by atoms with E-state index in [0.29, 0.717) is 25.5 Å². The first-order valence-corrected chi connectivity index (χ1v) is 6.17. The van der Waals surface area contributed by atoms with E-state index in [2.05, 4.69) is 24.5 Å². The number of aliphatic hydroxyl groups is 1. The zero-order chi connectivity index (χ0) is 13.3. The number of carbonyl (C=O) groups is 1. The quantitative estimate of drug-likeness (QED) is 0.601. The van der Waals surface area contributed by atoms with Crippen LogP contribution >= 0.6 is 0 Å². The number of nitrogens with one attached hydrogen (secondary N) is 2. The van der Waals surface area contributed by atoms with Gasteiger partial charge in [-0.25, -0.2) is 4.79 Å². The van der Waals surface area contributed by atoms with Gasteiger partial charge in [0.05, 0.1) is 12.7 Å². The summed E-state index contributed by atoms with van der Waals surface area (Å²) in [6.45, 7) is 6.98. The number of aliphatic hydroxyl groups excluding tert-OH is 1. The van der Waals surface area contributed by atoms with E-state index in [4.69, 9.17) is 4.74 Å². The van der Waals surface area contributed by atoms with Crippen LogP contribution in [0.2, 0.25) is 0 Å². The Balaban J connectivity index is 3.59. The molecule has 0 radical (unpaired) electrons. The highest BCUT2D eigenvalue weighted by molar-refractivity contribution is 5.74. The zero-order valence-corrected chi connectivity index (χ0v) is 11.3. The van der Waals surface area contributed by atoms with Crippen molar-refractivity contribution < 1.29 is 14.6 Å². The Morgan fingerprint density at radius 2 is 2.00 bits per heavy atom. The number of rotatable bonds is 8. The fourth-order valence-electron chi connectivity index (χ4n) is 1.67. The average molecular weight is 246 g/mol. The molecule has 0 aromatic rings. The first-order chi connectivity index (χ1) is 7.95. The van der Waals surface area contributed by atoms with Crippen LogP contribution in [0.3, 0.4) is 0 Å². The van der Waals surface area contributed by atoms with Crippen LogP contribution in [0.15, 0.2) is 0 Å². The summed E-state index contributed by atoms with van der Waals surface area (Å²) >= 11 is 0. The van der Waals surface area contributed by atoms with Gasteiger partial charge in [0.1, 0.15) is 0 Å². The lowest BCUT2D eigenvalue weighted by molar-refractivity contribution is 0.0598. The van der Waals surface area contributed by atoms with Crippen LogP contribution < -0.4 is 10.6 Å². The number of methoxy groups -OCH3 is 1. The molecular weight excluding hydrogens is 220 g/mol. The number of hydrogen-bond donors (Lipinski definition) is 3. The number of carbonyl (C=O) groups excluding carboxylic acids is 1. The lowest BCUT2D eigenvalue weighted by Gasteiger charge is -2.17. The van der Waals surface area contributed by atoms with E-state index in [9.17, 15) is 9.90 Å². The van der Waals surface area contributed by atoms with Crippen LogP contribution in [0.5, 0.6) is 0 Å². The van der Waals surface area contributed by atoms with Crippen molar-refractivity contribution in [1.82, 2.24) is 10.6 Å². The zero-order valence-electron chi connectivity index (χ0n) is 11.3. The summed E-state index contributed by atoms with van der Waals surface area (Å²) in [5, 5.41) is 14.9. The van der Waals surface area contributed by atoms with Gasteiger partial charge in [-0.3, -0.25) is 0 Å². The Labute approximate surface area is 104 Å². The van der Waals surface area contributed by atoms with Gasteiger partial charge < -0.3 is 20.5 Å². The van der Waals surface area contributed by atoms with Gasteiger partial charge in [0.2, 0.25) is 0 Å². The largest absolute Gasteiger partial charge is 0.391 e. The number of amides is 2. The third kappa shape index (κ3) is 10.1. The lowest BCUT2D eigenvalue weighted by atomic mass is 10.1. The maximum absolute atomic E-state index is 11.4. The average Bonchev–Trinajstić information content (AvgIpc) is 2.16. The Kier molecular flexibility index (Phi) is 8.80. The van der Waals surface area contributed by atoms with Gasteiger partial charge in [0, 0.05) is 19.7 Å². The highest BCUT2D eigenvalue weighted by Crippen LogP contribution is 2.03. The van der Waals surface area contributed by atoms with Crippen LogP contribution in [0.1, 0.15) is 33.6 Å². The first-order valence-electron chi connectivity index (χ1n) is 6.17. The van der Waals surface area contributed by atoms with Crippen molar-refractivity contribution in [2.45, 2.75) is 45.8 Å². The monoisotopic (exact) mass is 246 g/mol. The molecule has 0 bridgehead atoms. The molecule has 0 aromatic heterocycles. The highest BCUT2D eigenvalue weighted by Gasteiger charge is 2.09. The molecule has 5 heteroatoms. The molecule has 0 saturated carbocycles. The van der Waals surface area contributed by atoms with E-state index in [1.54, 1.807) is 0 Å². The molecule has 0 aliphatic carbocycles. The second-order valence-corrected chi connectivity index (χ2v) is 4.83. The van der Waals surface area contributed by atoms with Gasteiger partial charge in [0.25, 0.3) is 0 Å². The lowest BCUT2D eigenvalue weighted by Crippen LogP contribution is -2.42. The van der Waals surface area contributed by atoms with E-state index in [1.165, 1.54) is 7.11 Å². The summed E-state index contributed by atoms with van der Waals surface area (Å²) < 4.78 is 4.79. The summed E-state index contributed by atoms with van der Waals surface area (Å²) in [6.07, 6.45) is 0.938. The van der Waals surface area contributed by atoms with Gasteiger partial charge in [-0.05, 0) is 25.7 Å². The van der Waals surface area contributed by atoms with Gasteiger partial charge in [0.15, 0.2) is 0 Å². The Morgan fingerprint density at radius 1 is 1.35 bits per heavy atom. The van der Waals surface area contributed by atoms with Crippen LogP contribution in [-0.2, 0) is 4.74 Å². The number of hydrogen-bond acceptors (Lipinski definition) is 3. The van der Waals surface area contributed by atoms with Crippen molar-refractivity contribution in [2.24, 2.45) is 5.92 Å². The van der Waals surface area contributed by atoms with Gasteiger partial charge in [-0.1, -0.05) is 13.8 Å². The molecule has 0 aromatic carbocycles. The molecule has 0 spiro atoms. The Bertz CT molecular complexity index is 210. The topological polar surface area (TPSA) is 70.6 Å². The number of urea groups is 1. The molecule has 5 nitrogen and oxygen atoms in total. The van der Waals surface area contributed by atoms with E-state index in [1.807, 2.05) is 6.92 Å². The summed E-state index contributed by atoms with van der Waals surface area (Å²) in [4.78, 5) is 11.4. The second kappa shape index (κ2) is 9.24. The summed E-state index contributed by atoms with van der Waals surface area (Å²) in [6, 6.07) is -0.0123. The smallest absolute Gasteiger partial charge is 0.314 e. The van der Waals surface area contributed by atoms with E-state index >= 15 is 0 Å². The van der Waals surface area contributed by atoms with E-state index in [0.717, 1.165) is 6.42 Å². The molecule has 2 amide bonds. The van der Waals surface area contributed by atoms with Crippen molar-refractivity contribution >= 4 is 6.03 Å². The molecule has 17 heavy (non-hydrogen) atoms. The van der Waals surface area contributed by atoms with Crippen molar-refractivity contribution in [3.05, 3.63) is 0 Å². The molecule has 0 aliphatic heterocycles. The minimum atomic E-state index is -0.520. The molecule has 0 fully saturated rings. The van der Waals surface area contributed by atoms with Crippen LogP contribution in [0.4, 0.5) is 4.79 Å². The summed E-state index contributed by atoms with van der Waals surface area (Å²) in [7, 11) is 1.54. The Hall–Kier alpha value is -0.810. The fourth-order valence-corrected chi connectivity index (χ4v) is 1.67. The molecule has 2 atom stereocenters. The van der Waals surface area contributed by atoms with E-state index in [-0.39, 0.29) is 12.1 Å². The van der Waals surface area contributed by atoms with Gasteiger partial charge >= 0.3 is 6.03 Å². The fraction of sp³-hybridized carbons (Fsp3) is 0.917. The maximum atomic E-state index is 11.4. The highest BCUT2D eigenvalue weighted by atomic mass is 16.5. The minimum absolute atomic E-state index is 0.166. The molecule has 2 unspecified atom stereocenters. The van der Waals surface area contributed by atoms with Crippen LogP contribution in [0.25, 0.3) is 0 Å². The SMILES string of the molecule is COCC(O)CCNC(=O)NC(C)CC(C)C. The standard InChI is InChI=1S/C12H26N2O3/c1-9(2)7-10(3)14-12(16)13-6-5-11(15)8-17-4/h9-11,15H,5-8H2,1-4H3,(H2,13,14,16). The predicted octanol–water partition coefficient (Wildman–Crippen LogP) is 1.12. The minimum Gasteiger partial charge on any atom is -0.391 e. The van der Waals surface area contributed by atoms with Crippen molar-refractivity contribution in [3.63, 3.8) is 0 Å². The van der Waals surface area contributed by atoms with E-state index < -0.39 is 6.10 Å². The molecule has 0 saturated heterocycles. The van der Waals surface area contributed by atoms with Gasteiger partial charge in [-0.2, -0.15) is 0 Å². The molecule has 0 heterocycles. The number of ether oxygens (including phenoxy) is 1. The normalized spacial score (nSPS) is 14.5. The van der Waals surface area contributed by atoms with Crippen LogP contribution in [-0.4, -0.2) is 43.5 Å². The van der Waals surface area contributed by atoms with Crippen molar-refractivity contribution in [1.29, 1.82) is 0 Å². The third-order valence-electron chi connectivity index (χ3n) is 2.32. The van der Waals surface area contributed by atoms with Crippen molar-refractivity contribution in [3.8, 4) is 0 Å². The second-order valence-electron chi connectivity index (χ2n) is 4.83. The maximum Gasteiger partial charge on any atom is 0.314 e. The predicted molar refractivity (Wildman–Crippen MR) is 68.0 cm³/mol. The van der Waals surface area contributed by atoms with Crippen LogP contribution in [0, 0.1) is 5.92 Å². The summed E-state index contributed by atoms with van der Waals surface area (Å²) in [5.41, 5.74) is 0. The third-order valence-corrected chi connectivity index (χ3v) is 2.32.